The number of piperazine rings is 1. The second kappa shape index (κ2) is 11.3. The number of hydrogen-bond donors (Lipinski definition) is 3. The van der Waals surface area contributed by atoms with Crippen LogP contribution < -0.4 is 16.0 Å². The van der Waals surface area contributed by atoms with Crippen LogP contribution in [-0.2, 0) is 6.54 Å². The normalized spacial score (nSPS) is 18.7. The van der Waals surface area contributed by atoms with Gasteiger partial charge < -0.3 is 16.0 Å². The molecule has 0 radical (unpaired) electrons. The fourth-order valence-electron chi connectivity index (χ4n) is 5.19. The Kier molecular flexibility index (Phi) is 8.24. The number of carbonyl (C=O) groups is 2. The maximum atomic E-state index is 12.7. The molecule has 1 aliphatic heterocycles. The summed E-state index contributed by atoms with van der Waals surface area (Å²) in [5.41, 5.74) is 1.21. The summed E-state index contributed by atoms with van der Waals surface area (Å²) in [7, 11) is 0. The molecule has 3 amide bonds. The largest absolute Gasteiger partial charge is 0.347 e. The molecule has 4 rings (SSSR count). The molecule has 2 heterocycles. The van der Waals surface area contributed by atoms with Crippen LogP contribution in [0.3, 0.4) is 0 Å². The van der Waals surface area contributed by atoms with Gasteiger partial charge in [-0.05, 0) is 56.3 Å². The third kappa shape index (κ3) is 6.17. The van der Waals surface area contributed by atoms with E-state index in [4.69, 9.17) is 0 Å². The average Bonchev–Trinajstić information content (AvgIpc) is 3.54. The molecule has 1 aliphatic carbocycles. The Bertz CT molecular complexity index is 948. The Morgan fingerprint density at radius 2 is 1.79 bits per heavy atom. The smallest absolute Gasteiger partial charge is 0.319 e. The van der Waals surface area contributed by atoms with E-state index in [1.807, 2.05) is 23.6 Å². The summed E-state index contributed by atoms with van der Waals surface area (Å²) >= 11 is 1.61. The summed E-state index contributed by atoms with van der Waals surface area (Å²) in [6.45, 7) is 9.97. The summed E-state index contributed by atoms with van der Waals surface area (Å²) < 4.78 is 0. The van der Waals surface area contributed by atoms with Crippen molar-refractivity contribution in [1.29, 1.82) is 0 Å². The van der Waals surface area contributed by atoms with E-state index in [9.17, 15) is 9.59 Å². The lowest BCUT2D eigenvalue weighted by Gasteiger charge is -2.47. The molecule has 3 N–H and O–H groups in total. The topological polar surface area (TPSA) is 76.7 Å². The van der Waals surface area contributed by atoms with E-state index in [1.54, 1.807) is 29.5 Å². The van der Waals surface area contributed by atoms with Gasteiger partial charge in [-0.25, -0.2) is 4.79 Å². The predicted molar refractivity (Wildman–Crippen MR) is 138 cm³/mol. The number of urea groups is 1. The van der Waals surface area contributed by atoms with Crippen LogP contribution in [-0.4, -0.2) is 66.0 Å². The van der Waals surface area contributed by atoms with Gasteiger partial charge in [0.05, 0.1) is 6.54 Å². The Morgan fingerprint density at radius 3 is 2.47 bits per heavy atom. The summed E-state index contributed by atoms with van der Waals surface area (Å²) in [4.78, 5) is 31.5. The average molecular weight is 484 g/mol. The molecule has 0 spiro atoms. The van der Waals surface area contributed by atoms with Gasteiger partial charge in [0.2, 0.25) is 0 Å². The number of hydrogen-bond acceptors (Lipinski definition) is 5. The molecule has 0 atom stereocenters. The highest BCUT2D eigenvalue weighted by atomic mass is 32.1. The van der Waals surface area contributed by atoms with Gasteiger partial charge in [-0.15, -0.1) is 11.3 Å². The van der Waals surface area contributed by atoms with Crippen LogP contribution in [0.5, 0.6) is 0 Å². The van der Waals surface area contributed by atoms with Crippen molar-refractivity contribution in [3.8, 4) is 0 Å². The second-order valence-electron chi connectivity index (χ2n) is 9.70. The summed E-state index contributed by atoms with van der Waals surface area (Å²) in [5, 5.41) is 11.0. The molecule has 2 fully saturated rings. The first-order valence-corrected chi connectivity index (χ1v) is 13.3. The lowest BCUT2D eigenvalue weighted by Crippen LogP contribution is -2.61. The van der Waals surface area contributed by atoms with Crippen molar-refractivity contribution in [3.05, 3.63) is 52.2 Å². The number of thiophene rings is 1. The molecule has 2 aromatic rings. The van der Waals surface area contributed by atoms with Crippen LogP contribution in [0.4, 0.5) is 10.5 Å². The molecular weight excluding hydrogens is 446 g/mol. The van der Waals surface area contributed by atoms with E-state index < -0.39 is 0 Å². The van der Waals surface area contributed by atoms with Gasteiger partial charge in [0.25, 0.3) is 5.91 Å². The standard InChI is InChI=1S/C26H37N5O2S/c1-20(2)30-12-14-31(15-13-30)26(10-3-4-11-26)19-28-25(33)29-22-8-5-7-21(17-22)24(32)27-18-23-9-6-16-34-23/h5-9,16-17,20H,3-4,10-15,18-19H2,1-2H3,(H,27,32)(H2,28,29,33). The second-order valence-corrected chi connectivity index (χ2v) is 10.7. The van der Waals surface area contributed by atoms with Crippen LogP contribution in [0.1, 0.15) is 54.8 Å². The Balaban J connectivity index is 1.30. The highest BCUT2D eigenvalue weighted by Crippen LogP contribution is 2.35. The van der Waals surface area contributed by atoms with Crippen molar-refractivity contribution in [2.75, 3.05) is 38.0 Å². The van der Waals surface area contributed by atoms with Crippen LogP contribution in [0, 0.1) is 0 Å². The van der Waals surface area contributed by atoms with Crippen LogP contribution in [0.25, 0.3) is 0 Å². The molecule has 184 valence electrons. The van der Waals surface area contributed by atoms with Crippen molar-refractivity contribution in [3.63, 3.8) is 0 Å². The highest BCUT2D eigenvalue weighted by molar-refractivity contribution is 7.09. The molecule has 34 heavy (non-hydrogen) atoms. The maximum absolute atomic E-state index is 12.7. The van der Waals surface area contributed by atoms with E-state index in [-0.39, 0.29) is 17.5 Å². The Hall–Kier alpha value is -2.42. The van der Waals surface area contributed by atoms with Crippen molar-refractivity contribution < 1.29 is 9.59 Å². The SMILES string of the molecule is CC(C)N1CCN(C2(CNC(=O)Nc3cccc(C(=O)NCc4cccs4)c3)CCCC2)CC1. The van der Waals surface area contributed by atoms with E-state index in [0.29, 0.717) is 30.4 Å². The first kappa shape index (κ1) is 24.7. The van der Waals surface area contributed by atoms with Gasteiger partial charge in [0.1, 0.15) is 0 Å². The fourth-order valence-corrected chi connectivity index (χ4v) is 5.84. The zero-order valence-corrected chi connectivity index (χ0v) is 21.1. The summed E-state index contributed by atoms with van der Waals surface area (Å²) in [6, 6.07) is 11.4. The van der Waals surface area contributed by atoms with E-state index in [2.05, 4.69) is 39.6 Å². The van der Waals surface area contributed by atoms with Gasteiger partial charge in [0.15, 0.2) is 0 Å². The van der Waals surface area contributed by atoms with Crippen LogP contribution >= 0.6 is 11.3 Å². The summed E-state index contributed by atoms with van der Waals surface area (Å²) in [6.07, 6.45) is 4.70. The Morgan fingerprint density at radius 1 is 1.03 bits per heavy atom. The number of rotatable bonds is 8. The van der Waals surface area contributed by atoms with Gasteiger partial charge in [-0.3, -0.25) is 14.6 Å². The number of benzene rings is 1. The predicted octanol–water partition coefficient (Wildman–Crippen LogP) is 4.14. The van der Waals surface area contributed by atoms with Gasteiger partial charge in [0, 0.05) is 60.4 Å². The van der Waals surface area contributed by atoms with E-state index in [1.165, 1.54) is 12.8 Å². The zero-order chi connectivity index (χ0) is 24.0. The summed E-state index contributed by atoms with van der Waals surface area (Å²) in [5.74, 6) is -0.150. The quantitative estimate of drug-likeness (QED) is 0.528. The van der Waals surface area contributed by atoms with Crippen LogP contribution in [0.2, 0.25) is 0 Å². The molecule has 8 heteroatoms. The molecule has 7 nitrogen and oxygen atoms in total. The third-order valence-corrected chi connectivity index (χ3v) is 8.09. The molecule has 1 aromatic heterocycles. The minimum Gasteiger partial charge on any atom is -0.347 e. The van der Waals surface area contributed by atoms with Crippen LogP contribution in [0.15, 0.2) is 41.8 Å². The van der Waals surface area contributed by atoms with Gasteiger partial charge >= 0.3 is 6.03 Å². The monoisotopic (exact) mass is 483 g/mol. The first-order valence-electron chi connectivity index (χ1n) is 12.4. The fraction of sp³-hybridized carbons (Fsp3) is 0.538. The lowest BCUT2D eigenvalue weighted by atomic mass is 9.93. The van der Waals surface area contributed by atoms with E-state index in [0.717, 1.165) is 43.9 Å². The van der Waals surface area contributed by atoms with E-state index >= 15 is 0 Å². The van der Waals surface area contributed by atoms with Gasteiger partial charge in [-0.1, -0.05) is 25.0 Å². The zero-order valence-electron chi connectivity index (χ0n) is 20.3. The van der Waals surface area contributed by atoms with Crippen molar-refractivity contribution in [1.82, 2.24) is 20.4 Å². The molecule has 1 aromatic carbocycles. The Labute approximate surface area is 206 Å². The van der Waals surface area contributed by atoms with Crippen molar-refractivity contribution in [2.24, 2.45) is 0 Å². The first-order chi connectivity index (χ1) is 16.4. The number of amides is 3. The van der Waals surface area contributed by atoms with Crippen molar-refractivity contribution in [2.45, 2.75) is 57.7 Å². The number of anilines is 1. The highest BCUT2D eigenvalue weighted by Gasteiger charge is 2.41. The minimum atomic E-state index is -0.219. The maximum Gasteiger partial charge on any atom is 0.319 e. The number of nitrogens with one attached hydrogen (secondary N) is 3. The molecule has 1 saturated carbocycles. The molecule has 1 saturated heterocycles. The number of nitrogens with zero attached hydrogens (tertiary/aromatic N) is 2. The number of carbonyl (C=O) groups excluding carboxylic acids is 2. The molecular formula is C26H37N5O2S. The lowest BCUT2D eigenvalue weighted by molar-refractivity contribution is 0.0261. The molecule has 0 bridgehead atoms. The van der Waals surface area contributed by atoms with Crippen molar-refractivity contribution >= 4 is 29.0 Å². The molecule has 2 aliphatic rings. The third-order valence-electron chi connectivity index (χ3n) is 7.21. The minimum absolute atomic E-state index is 0.0595. The molecule has 0 unspecified atom stereocenters. The van der Waals surface area contributed by atoms with Gasteiger partial charge in [-0.2, -0.15) is 0 Å².